The van der Waals surface area contributed by atoms with Crippen LogP contribution in [0.4, 0.5) is 13.2 Å². The summed E-state index contributed by atoms with van der Waals surface area (Å²) in [6.07, 6.45) is 3.00. The highest BCUT2D eigenvalue weighted by Gasteiger charge is 2.17. The van der Waals surface area contributed by atoms with E-state index in [4.69, 9.17) is 10.5 Å². The Kier molecular flexibility index (Phi) is 7.42. The first-order chi connectivity index (χ1) is 17.6. The molecule has 0 aliphatic heterocycles. The van der Waals surface area contributed by atoms with Crippen molar-refractivity contribution in [3.8, 4) is 11.6 Å². The molecule has 4 rings (SSSR count). The van der Waals surface area contributed by atoms with Crippen molar-refractivity contribution in [1.82, 2.24) is 9.97 Å². The van der Waals surface area contributed by atoms with Gasteiger partial charge in [0.1, 0.15) is 5.82 Å². The van der Waals surface area contributed by atoms with Crippen molar-refractivity contribution in [3.63, 3.8) is 0 Å². The lowest BCUT2D eigenvalue weighted by molar-refractivity contribution is 0.103. The van der Waals surface area contributed by atoms with Gasteiger partial charge in [-0.05, 0) is 61.4 Å². The Bertz CT molecular complexity index is 1520. The zero-order valence-corrected chi connectivity index (χ0v) is 20.5. The van der Waals surface area contributed by atoms with Crippen molar-refractivity contribution < 1.29 is 22.7 Å². The molecule has 3 N–H and O–H groups in total. The van der Waals surface area contributed by atoms with Gasteiger partial charge in [0.2, 0.25) is 17.4 Å². The fourth-order valence-corrected chi connectivity index (χ4v) is 3.91. The van der Waals surface area contributed by atoms with Gasteiger partial charge in [-0.1, -0.05) is 13.0 Å². The molecule has 1 atom stereocenters. The summed E-state index contributed by atoms with van der Waals surface area (Å²) >= 11 is 0. The molecule has 0 radical (unpaired) electrons. The Balaban J connectivity index is 1.46. The second-order valence-electron chi connectivity index (χ2n) is 8.77. The number of aromatic amines is 1. The van der Waals surface area contributed by atoms with Gasteiger partial charge in [-0.25, -0.2) is 18.2 Å². The number of halogens is 3. The molecule has 0 spiro atoms. The summed E-state index contributed by atoms with van der Waals surface area (Å²) in [6.45, 7) is 5.70. The van der Waals surface area contributed by atoms with Gasteiger partial charge in [-0.3, -0.25) is 9.79 Å². The standard InChI is InChI=1S/C28H25F3N4O2/c1-15-9-26(37-28-22(30)5-4-6-23(28)31)34-14-20(15)16(2)12-33-13-21(17(3)32)27(36)25-11-18-10-19(29)7-8-24(18)35-25/h4-11,13-14,16,35H,12,32H2,1-3H3/b21-17-,33-13?. The topological polar surface area (TPSA) is 93.4 Å². The van der Waals surface area contributed by atoms with E-state index >= 15 is 0 Å². The first kappa shape index (κ1) is 25.7. The van der Waals surface area contributed by atoms with Gasteiger partial charge in [0, 0.05) is 47.5 Å². The minimum absolute atomic E-state index is 0.0636. The number of carbonyl (C=O) groups is 1. The summed E-state index contributed by atoms with van der Waals surface area (Å²) in [5, 5.41) is 0.580. The number of ether oxygens (including phenoxy) is 1. The Morgan fingerprint density at radius 3 is 2.57 bits per heavy atom. The van der Waals surface area contributed by atoms with Gasteiger partial charge in [0.25, 0.3) is 0 Å². The highest BCUT2D eigenvalue weighted by atomic mass is 19.1. The first-order valence-corrected chi connectivity index (χ1v) is 11.5. The quantitative estimate of drug-likeness (QED) is 0.165. The number of H-pyrrole nitrogens is 1. The summed E-state index contributed by atoms with van der Waals surface area (Å²) in [6, 6.07) is 10.9. The third kappa shape index (κ3) is 5.72. The maximum absolute atomic E-state index is 13.9. The van der Waals surface area contributed by atoms with Gasteiger partial charge < -0.3 is 15.5 Å². The maximum Gasteiger partial charge on any atom is 0.219 e. The van der Waals surface area contributed by atoms with Crippen LogP contribution in [-0.4, -0.2) is 28.5 Å². The van der Waals surface area contributed by atoms with Gasteiger partial charge in [-0.2, -0.15) is 0 Å². The fourth-order valence-electron chi connectivity index (χ4n) is 3.91. The van der Waals surface area contributed by atoms with Crippen LogP contribution in [0.15, 0.2) is 71.0 Å². The number of aliphatic imine (C=N–C) groups is 1. The Labute approximate surface area is 211 Å². The number of carbonyl (C=O) groups excluding carboxylic acids is 1. The van der Waals surface area contributed by atoms with Crippen molar-refractivity contribution in [2.75, 3.05) is 6.54 Å². The largest absolute Gasteiger partial charge is 0.433 e. The number of aromatic nitrogens is 2. The number of hydrogen-bond donors (Lipinski definition) is 2. The van der Waals surface area contributed by atoms with Crippen LogP contribution in [0.2, 0.25) is 0 Å². The Morgan fingerprint density at radius 1 is 1.16 bits per heavy atom. The maximum atomic E-state index is 13.9. The SMILES string of the molecule is C/C(N)=C(\C=NCC(C)c1cnc(Oc2c(F)cccc2F)cc1C)C(=O)c1cc2cc(F)ccc2[nH]1. The minimum atomic E-state index is -0.820. The van der Waals surface area contributed by atoms with Crippen LogP contribution in [0.25, 0.3) is 10.9 Å². The van der Waals surface area contributed by atoms with E-state index in [0.29, 0.717) is 23.1 Å². The number of nitrogens with two attached hydrogens (primary N) is 1. The Hall–Kier alpha value is -4.40. The zero-order chi connectivity index (χ0) is 26.7. The molecular weight excluding hydrogens is 481 g/mol. The van der Waals surface area contributed by atoms with Gasteiger partial charge in [0.05, 0.1) is 11.3 Å². The molecule has 2 aromatic heterocycles. The summed E-state index contributed by atoms with van der Waals surface area (Å²) in [5.74, 6) is -2.93. The summed E-state index contributed by atoms with van der Waals surface area (Å²) in [7, 11) is 0. The molecule has 2 heterocycles. The minimum Gasteiger partial charge on any atom is -0.433 e. The van der Waals surface area contributed by atoms with E-state index in [1.807, 2.05) is 13.8 Å². The van der Waals surface area contributed by atoms with E-state index in [9.17, 15) is 18.0 Å². The lowest BCUT2D eigenvalue weighted by Gasteiger charge is -2.14. The molecule has 0 bridgehead atoms. The number of nitrogens with zero attached hydrogens (tertiary/aromatic N) is 2. The number of aryl methyl sites for hydroxylation is 1. The number of allylic oxidation sites excluding steroid dienone is 2. The number of nitrogens with one attached hydrogen (secondary N) is 1. The average molecular weight is 507 g/mol. The molecule has 9 heteroatoms. The van der Waals surface area contributed by atoms with E-state index in [-0.39, 0.29) is 28.8 Å². The van der Waals surface area contributed by atoms with Gasteiger partial charge in [0.15, 0.2) is 11.6 Å². The van der Waals surface area contributed by atoms with Crippen LogP contribution in [0.1, 0.15) is 41.4 Å². The van der Waals surface area contributed by atoms with Gasteiger partial charge in [-0.15, -0.1) is 0 Å². The zero-order valence-electron chi connectivity index (χ0n) is 20.5. The van der Waals surface area contributed by atoms with Crippen LogP contribution in [-0.2, 0) is 0 Å². The predicted molar refractivity (Wildman–Crippen MR) is 137 cm³/mol. The Morgan fingerprint density at radius 2 is 1.89 bits per heavy atom. The second-order valence-corrected chi connectivity index (χ2v) is 8.77. The number of para-hydroxylation sites is 1. The summed E-state index contributed by atoms with van der Waals surface area (Å²) < 4.78 is 46.6. The van der Waals surface area contributed by atoms with Crippen LogP contribution in [0.5, 0.6) is 11.6 Å². The highest BCUT2D eigenvalue weighted by Crippen LogP contribution is 2.29. The molecule has 0 aliphatic carbocycles. The molecule has 0 saturated carbocycles. The monoisotopic (exact) mass is 506 g/mol. The number of benzene rings is 2. The smallest absolute Gasteiger partial charge is 0.219 e. The van der Waals surface area contributed by atoms with Crippen LogP contribution in [0, 0.1) is 24.4 Å². The third-order valence-corrected chi connectivity index (χ3v) is 5.88. The molecule has 37 heavy (non-hydrogen) atoms. The number of Topliss-reactive ketones (excluding diaryl/α,β-unsaturated/α-hetero) is 1. The van der Waals surface area contributed by atoms with Crippen LogP contribution in [0.3, 0.4) is 0 Å². The van der Waals surface area contributed by atoms with Crippen LogP contribution >= 0.6 is 0 Å². The van der Waals surface area contributed by atoms with E-state index in [2.05, 4.69) is 15.0 Å². The van der Waals surface area contributed by atoms with E-state index < -0.39 is 23.2 Å². The van der Waals surface area contributed by atoms with Crippen molar-refractivity contribution in [1.29, 1.82) is 0 Å². The van der Waals surface area contributed by atoms with Crippen molar-refractivity contribution in [3.05, 3.63) is 100 Å². The molecule has 6 nitrogen and oxygen atoms in total. The van der Waals surface area contributed by atoms with Crippen molar-refractivity contribution in [2.45, 2.75) is 26.7 Å². The first-order valence-electron chi connectivity index (χ1n) is 11.5. The summed E-state index contributed by atoms with van der Waals surface area (Å²) in [4.78, 5) is 24.6. The van der Waals surface area contributed by atoms with E-state index in [1.54, 1.807) is 31.3 Å². The normalized spacial score (nSPS) is 13.1. The lowest BCUT2D eigenvalue weighted by atomic mass is 9.99. The molecule has 4 aromatic rings. The van der Waals surface area contributed by atoms with E-state index in [1.165, 1.54) is 24.4 Å². The third-order valence-electron chi connectivity index (χ3n) is 5.88. The molecule has 2 aromatic carbocycles. The molecule has 190 valence electrons. The molecule has 0 fully saturated rings. The number of pyridine rings is 1. The molecule has 1 unspecified atom stereocenters. The van der Waals surface area contributed by atoms with Gasteiger partial charge >= 0.3 is 0 Å². The van der Waals surface area contributed by atoms with E-state index in [0.717, 1.165) is 23.3 Å². The number of ketones is 1. The summed E-state index contributed by atoms with van der Waals surface area (Å²) in [5.41, 5.74) is 9.06. The number of hydrogen-bond acceptors (Lipinski definition) is 5. The second kappa shape index (κ2) is 10.7. The van der Waals surface area contributed by atoms with Crippen molar-refractivity contribution >= 4 is 22.9 Å². The number of rotatable bonds is 8. The average Bonchev–Trinajstić information content (AvgIpc) is 3.27. The predicted octanol–water partition coefficient (Wildman–Crippen LogP) is 6.37. The molecule has 0 aliphatic rings. The lowest BCUT2D eigenvalue weighted by Crippen LogP contribution is -2.12. The fraction of sp³-hybridized carbons (Fsp3) is 0.179. The van der Waals surface area contributed by atoms with Crippen LogP contribution < -0.4 is 10.5 Å². The van der Waals surface area contributed by atoms with Crippen molar-refractivity contribution in [2.24, 2.45) is 10.7 Å². The molecule has 0 amide bonds. The number of fused-ring (bicyclic) bond motifs is 1. The molecular formula is C28H25F3N4O2. The highest BCUT2D eigenvalue weighted by molar-refractivity contribution is 6.21. The molecule has 0 saturated heterocycles.